The monoisotopic (exact) mass is 323 g/mol. The van der Waals surface area contributed by atoms with Gasteiger partial charge in [-0.3, -0.25) is 14.9 Å². The lowest BCUT2D eigenvalue weighted by Crippen LogP contribution is -2.13. The van der Waals surface area contributed by atoms with Crippen molar-refractivity contribution in [3.63, 3.8) is 0 Å². The Balaban J connectivity index is 3.27. The SMILES string of the molecule is CCOC(=O)CC(=Cc1cc(O)ccc1[N+](=O)[O-])C(=O)OCC. The number of benzene rings is 1. The number of carbonyl (C=O) groups excluding carboxylic acids is 2. The maximum atomic E-state index is 11.9. The summed E-state index contributed by atoms with van der Waals surface area (Å²) in [5.74, 6) is -1.64. The zero-order valence-electron chi connectivity index (χ0n) is 12.8. The van der Waals surface area contributed by atoms with Crippen LogP contribution in [0.1, 0.15) is 25.8 Å². The molecule has 0 saturated carbocycles. The second kappa shape index (κ2) is 8.52. The van der Waals surface area contributed by atoms with Crippen LogP contribution in [0.15, 0.2) is 23.8 Å². The van der Waals surface area contributed by atoms with Gasteiger partial charge in [-0.2, -0.15) is 0 Å². The first kappa shape index (κ1) is 18.1. The molecule has 0 amide bonds. The Morgan fingerprint density at radius 3 is 2.48 bits per heavy atom. The van der Waals surface area contributed by atoms with E-state index in [1.165, 1.54) is 0 Å². The van der Waals surface area contributed by atoms with Gasteiger partial charge >= 0.3 is 11.9 Å². The van der Waals surface area contributed by atoms with Crippen molar-refractivity contribution in [3.8, 4) is 5.75 Å². The van der Waals surface area contributed by atoms with E-state index in [0.717, 1.165) is 24.3 Å². The third kappa shape index (κ3) is 5.42. The van der Waals surface area contributed by atoms with Crippen LogP contribution in [-0.4, -0.2) is 35.2 Å². The van der Waals surface area contributed by atoms with E-state index in [1.54, 1.807) is 13.8 Å². The van der Waals surface area contributed by atoms with Gasteiger partial charge in [0.15, 0.2) is 0 Å². The van der Waals surface area contributed by atoms with E-state index in [0.29, 0.717) is 0 Å². The van der Waals surface area contributed by atoms with Crippen LogP contribution in [-0.2, 0) is 19.1 Å². The molecule has 23 heavy (non-hydrogen) atoms. The number of nitro benzene ring substituents is 1. The average Bonchev–Trinajstić information content (AvgIpc) is 2.46. The second-order valence-corrected chi connectivity index (χ2v) is 4.37. The molecule has 0 aliphatic rings. The molecule has 0 fully saturated rings. The highest BCUT2D eigenvalue weighted by Crippen LogP contribution is 2.26. The molecule has 0 aliphatic heterocycles. The summed E-state index contributed by atoms with van der Waals surface area (Å²) in [7, 11) is 0. The van der Waals surface area contributed by atoms with Crippen molar-refractivity contribution in [2.24, 2.45) is 0 Å². The first-order valence-corrected chi connectivity index (χ1v) is 6.89. The molecule has 0 aromatic heterocycles. The van der Waals surface area contributed by atoms with Crippen LogP contribution in [0.4, 0.5) is 5.69 Å². The van der Waals surface area contributed by atoms with E-state index in [9.17, 15) is 24.8 Å². The van der Waals surface area contributed by atoms with Crippen molar-refractivity contribution in [2.75, 3.05) is 13.2 Å². The zero-order chi connectivity index (χ0) is 17.4. The fraction of sp³-hybridized carbons (Fsp3) is 0.333. The van der Waals surface area contributed by atoms with Crippen LogP contribution < -0.4 is 0 Å². The summed E-state index contributed by atoms with van der Waals surface area (Å²) in [6.07, 6.45) is 0.756. The van der Waals surface area contributed by atoms with Gasteiger partial charge in [-0.25, -0.2) is 4.79 Å². The average molecular weight is 323 g/mol. The molecule has 0 atom stereocenters. The largest absolute Gasteiger partial charge is 0.508 e. The molecule has 0 spiro atoms. The summed E-state index contributed by atoms with van der Waals surface area (Å²) in [6.45, 7) is 3.44. The minimum Gasteiger partial charge on any atom is -0.508 e. The van der Waals surface area contributed by atoms with E-state index in [-0.39, 0.29) is 42.2 Å². The number of aromatic hydroxyl groups is 1. The molecule has 0 aliphatic carbocycles. The highest BCUT2D eigenvalue weighted by molar-refractivity contribution is 5.98. The van der Waals surface area contributed by atoms with Gasteiger partial charge < -0.3 is 14.6 Å². The molecule has 0 unspecified atom stereocenters. The number of hydrogen-bond acceptors (Lipinski definition) is 7. The van der Waals surface area contributed by atoms with Crippen molar-refractivity contribution in [1.82, 2.24) is 0 Å². The summed E-state index contributed by atoms with van der Waals surface area (Å²) >= 11 is 0. The number of esters is 2. The van der Waals surface area contributed by atoms with Gasteiger partial charge in [0.25, 0.3) is 5.69 Å². The number of hydrogen-bond donors (Lipinski definition) is 1. The van der Waals surface area contributed by atoms with E-state index in [2.05, 4.69) is 0 Å². The van der Waals surface area contributed by atoms with Crippen molar-refractivity contribution in [3.05, 3.63) is 39.4 Å². The minimum atomic E-state index is -0.779. The normalized spacial score (nSPS) is 11.0. The number of nitro groups is 1. The van der Waals surface area contributed by atoms with Gasteiger partial charge in [0, 0.05) is 11.6 Å². The maximum Gasteiger partial charge on any atom is 0.334 e. The molecular weight excluding hydrogens is 306 g/mol. The Kier molecular flexibility index (Phi) is 6.72. The maximum absolute atomic E-state index is 11.9. The number of carbonyl (C=O) groups is 2. The van der Waals surface area contributed by atoms with Crippen molar-refractivity contribution in [1.29, 1.82) is 0 Å². The molecule has 0 bridgehead atoms. The Hall–Kier alpha value is -2.90. The lowest BCUT2D eigenvalue weighted by molar-refractivity contribution is -0.385. The molecule has 1 N–H and O–H groups in total. The molecule has 0 saturated heterocycles. The zero-order valence-corrected chi connectivity index (χ0v) is 12.8. The summed E-state index contributed by atoms with van der Waals surface area (Å²) in [5.41, 5.74) is -0.421. The van der Waals surface area contributed by atoms with Crippen LogP contribution in [0.5, 0.6) is 5.75 Å². The van der Waals surface area contributed by atoms with Gasteiger partial charge in [-0.1, -0.05) is 0 Å². The van der Waals surface area contributed by atoms with E-state index >= 15 is 0 Å². The highest BCUT2D eigenvalue weighted by atomic mass is 16.6. The summed E-state index contributed by atoms with van der Waals surface area (Å²) in [4.78, 5) is 33.9. The van der Waals surface area contributed by atoms with Crippen LogP contribution in [0.3, 0.4) is 0 Å². The summed E-state index contributed by atoms with van der Waals surface area (Å²) in [5, 5.41) is 20.5. The minimum absolute atomic E-state index is 0.0117. The van der Waals surface area contributed by atoms with E-state index in [4.69, 9.17) is 9.47 Å². The number of rotatable bonds is 7. The van der Waals surface area contributed by atoms with Crippen molar-refractivity contribution in [2.45, 2.75) is 20.3 Å². The molecule has 1 aromatic rings. The third-order valence-corrected chi connectivity index (χ3v) is 2.72. The predicted molar refractivity (Wildman–Crippen MR) is 80.6 cm³/mol. The van der Waals surface area contributed by atoms with Crippen LogP contribution in [0.2, 0.25) is 0 Å². The smallest absolute Gasteiger partial charge is 0.334 e. The first-order chi connectivity index (χ1) is 10.9. The number of nitrogens with zero attached hydrogens (tertiary/aromatic N) is 1. The van der Waals surface area contributed by atoms with Crippen molar-refractivity contribution >= 4 is 23.7 Å². The Bertz CT molecular complexity index is 637. The van der Waals surface area contributed by atoms with Gasteiger partial charge in [0.1, 0.15) is 5.75 Å². The predicted octanol–water partition coefficient (Wildman–Crippen LogP) is 2.20. The molecule has 8 heteroatoms. The van der Waals surface area contributed by atoms with Gasteiger partial charge in [-0.15, -0.1) is 0 Å². The van der Waals surface area contributed by atoms with Crippen LogP contribution in [0, 0.1) is 10.1 Å². The van der Waals surface area contributed by atoms with Gasteiger partial charge in [0.2, 0.25) is 0 Å². The number of phenols is 1. The Labute approximate surface area is 132 Å². The lowest BCUT2D eigenvalue weighted by atomic mass is 10.1. The van der Waals surface area contributed by atoms with E-state index in [1.807, 2.05) is 0 Å². The summed E-state index contributed by atoms with van der Waals surface area (Å²) < 4.78 is 9.61. The molecule has 1 rings (SSSR count). The van der Waals surface area contributed by atoms with Crippen molar-refractivity contribution < 1.29 is 29.1 Å². The Morgan fingerprint density at radius 2 is 1.91 bits per heavy atom. The fourth-order valence-electron chi connectivity index (χ4n) is 1.78. The molecule has 8 nitrogen and oxygen atoms in total. The number of ether oxygens (including phenoxy) is 2. The fourth-order valence-corrected chi connectivity index (χ4v) is 1.78. The molecule has 1 aromatic carbocycles. The molecule has 0 heterocycles. The topological polar surface area (TPSA) is 116 Å². The van der Waals surface area contributed by atoms with Gasteiger partial charge in [-0.05, 0) is 32.1 Å². The second-order valence-electron chi connectivity index (χ2n) is 4.37. The van der Waals surface area contributed by atoms with Crippen LogP contribution in [0.25, 0.3) is 6.08 Å². The standard InChI is InChI=1S/C15H17NO7/c1-3-22-14(18)9-11(15(19)23-4-2)7-10-8-12(17)5-6-13(10)16(20)21/h5-8,17H,3-4,9H2,1-2H3. The number of phenolic OH excluding ortho intramolecular Hbond substituents is 1. The lowest BCUT2D eigenvalue weighted by Gasteiger charge is -2.07. The third-order valence-electron chi connectivity index (χ3n) is 2.72. The van der Waals surface area contributed by atoms with E-state index < -0.39 is 16.9 Å². The first-order valence-electron chi connectivity index (χ1n) is 6.89. The molecular formula is C15H17NO7. The molecule has 0 radical (unpaired) electrons. The molecule has 124 valence electrons. The quantitative estimate of drug-likeness (QED) is 0.354. The Morgan fingerprint density at radius 1 is 1.26 bits per heavy atom. The van der Waals surface area contributed by atoms with Gasteiger partial charge in [0.05, 0.1) is 30.1 Å². The highest BCUT2D eigenvalue weighted by Gasteiger charge is 2.19. The summed E-state index contributed by atoms with van der Waals surface area (Å²) in [6, 6.07) is 3.39. The van der Waals surface area contributed by atoms with Crippen LogP contribution >= 0.6 is 0 Å².